The molecule has 1 aromatic carbocycles. The van der Waals surface area contributed by atoms with Crippen molar-refractivity contribution in [2.45, 2.75) is 25.8 Å². The van der Waals surface area contributed by atoms with E-state index in [0.29, 0.717) is 31.8 Å². The van der Waals surface area contributed by atoms with E-state index in [9.17, 15) is 9.59 Å². The lowest BCUT2D eigenvalue weighted by molar-refractivity contribution is -0.138. The van der Waals surface area contributed by atoms with Gasteiger partial charge in [0.25, 0.3) is 5.91 Å². The van der Waals surface area contributed by atoms with E-state index in [1.165, 1.54) is 0 Å². The van der Waals surface area contributed by atoms with Crippen LogP contribution >= 0.6 is 0 Å². The zero-order valence-corrected chi connectivity index (χ0v) is 14.5. The molecule has 0 spiro atoms. The normalized spacial score (nSPS) is 15.6. The highest BCUT2D eigenvalue weighted by Gasteiger charge is 2.26. The summed E-state index contributed by atoms with van der Waals surface area (Å²) in [5, 5.41) is 9.87. The Labute approximate surface area is 147 Å². The highest BCUT2D eigenvalue weighted by Crippen LogP contribution is 2.26. The number of amides is 1. The van der Waals surface area contributed by atoms with Gasteiger partial charge in [0.1, 0.15) is 0 Å². The van der Waals surface area contributed by atoms with Crippen molar-refractivity contribution >= 4 is 22.8 Å². The number of piperidine rings is 1. The van der Waals surface area contributed by atoms with Gasteiger partial charge in [-0.05, 0) is 24.8 Å². The van der Waals surface area contributed by atoms with Crippen molar-refractivity contribution in [1.82, 2.24) is 9.47 Å². The number of carboxylic acids is 1. The van der Waals surface area contributed by atoms with E-state index in [-0.39, 0.29) is 18.2 Å². The fraction of sp³-hybridized carbons (Fsp3) is 0.474. The zero-order valence-electron chi connectivity index (χ0n) is 14.5. The predicted octanol–water partition coefficient (Wildman–Crippen LogP) is 2.61. The molecule has 1 aromatic heterocycles. The molecule has 1 fully saturated rings. The van der Waals surface area contributed by atoms with E-state index < -0.39 is 5.97 Å². The molecular formula is C19H24N2O4. The van der Waals surface area contributed by atoms with Gasteiger partial charge in [0, 0.05) is 50.3 Å². The van der Waals surface area contributed by atoms with E-state index in [1.54, 1.807) is 7.11 Å². The number of nitrogens with zero attached hydrogens (tertiary/aromatic N) is 2. The molecule has 2 heterocycles. The number of hydrogen-bond acceptors (Lipinski definition) is 3. The first kappa shape index (κ1) is 17.5. The van der Waals surface area contributed by atoms with Gasteiger partial charge in [0.15, 0.2) is 0 Å². The Morgan fingerprint density at radius 2 is 1.96 bits per heavy atom. The van der Waals surface area contributed by atoms with Gasteiger partial charge in [-0.25, -0.2) is 0 Å². The molecule has 0 radical (unpaired) electrons. The first-order chi connectivity index (χ1) is 12.1. The molecule has 6 nitrogen and oxygen atoms in total. The second-order valence-electron chi connectivity index (χ2n) is 6.58. The number of aliphatic carboxylic acids is 1. The van der Waals surface area contributed by atoms with Crippen LogP contribution in [0.4, 0.5) is 0 Å². The molecule has 1 aliphatic rings. The third-order valence-electron chi connectivity index (χ3n) is 4.92. The van der Waals surface area contributed by atoms with Crippen molar-refractivity contribution in [3.8, 4) is 0 Å². The maximum Gasteiger partial charge on any atom is 0.303 e. The van der Waals surface area contributed by atoms with Gasteiger partial charge in [-0.3, -0.25) is 9.59 Å². The van der Waals surface area contributed by atoms with Gasteiger partial charge >= 0.3 is 5.97 Å². The van der Waals surface area contributed by atoms with Crippen LogP contribution in [0.1, 0.15) is 29.6 Å². The number of likely N-dealkylation sites (tertiary alicyclic amines) is 1. The summed E-state index contributed by atoms with van der Waals surface area (Å²) < 4.78 is 7.22. The maximum atomic E-state index is 13.0. The summed E-state index contributed by atoms with van der Waals surface area (Å²) in [7, 11) is 1.67. The van der Waals surface area contributed by atoms with Crippen molar-refractivity contribution < 1.29 is 19.4 Å². The molecule has 1 N–H and O–H groups in total. The Morgan fingerprint density at radius 1 is 1.24 bits per heavy atom. The van der Waals surface area contributed by atoms with Crippen molar-refractivity contribution in [3.05, 3.63) is 36.0 Å². The molecule has 1 amide bonds. The van der Waals surface area contributed by atoms with Crippen LogP contribution < -0.4 is 0 Å². The molecule has 0 saturated carbocycles. The van der Waals surface area contributed by atoms with Gasteiger partial charge in [-0.1, -0.05) is 18.2 Å². The number of aromatic nitrogens is 1. The van der Waals surface area contributed by atoms with Gasteiger partial charge in [-0.15, -0.1) is 0 Å². The first-order valence-electron chi connectivity index (χ1n) is 8.68. The quantitative estimate of drug-likeness (QED) is 0.874. The van der Waals surface area contributed by atoms with Crippen molar-refractivity contribution in [2.75, 3.05) is 26.8 Å². The van der Waals surface area contributed by atoms with E-state index in [4.69, 9.17) is 9.84 Å². The lowest BCUT2D eigenvalue weighted by Gasteiger charge is -2.31. The summed E-state index contributed by atoms with van der Waals surface area (Å²) in [5.74, 6) is -0.559. The third kappa shape index (κ3) is 3.85. The van der Waals surface area contributed by atoms with Crippen LogP contribution in [0, 0.1) is 5.92 Å². The molecule has 25 heavy (non-hydrogen) atoms. The van der Waals surface area contributed by atoms with Gasteiger partial charge in [0.2, 0.25) is 0 Å². The third-order valence-corrected chi connectivity index (χ3v) is 4.92. The Morgan fingerprint density at radius 3 is 2.64 bits per heavy atom. The van der Waals surface area contributed by atoms with Crippen LogP contribution in [0.3, 0.4) is 0 Å². The van der Waals surface area contributed by atoms with Crippen LogP contribution in [0.15, 0.2) is 30.5 Å². The topological polar surface area (TPSA) is 71.8 Å². The molecule has 6 heteroatoms. The molecule has 1 saturated heterocycles. The Bertz CT molecular complexity index is 760. The number of para-hydroxylation sites is 1. The molecular weight excluding hydrogens is 320 g/mol. The summed E-state index contributed by atoms with van der Waals surface area (Å²) in [6.07, 6.45) is 3.61. The number of ether oxygens (including phenoxy) is 1. The van der Waals surface area contributed by atoms with Crippen LogP contribution in [0.5, 0.6) is 0 Å². The minimum atomic E-state index is -0.758. The molecule has 0 bridgehead atoms. The highest BCUT2D eigenvalue weighted by atomic mass is 16.5. The fourth-order valence-electron chi connectivity index (χ4n) is 3.55. The van der Waals surface area contributed by atoms with E-state index in [1.807, 2.05) is 35.4 Å². The second kappa shape index (κ2) is 7.70. The van der Waals surface area contributed by atoms with Crippen molar-refractivity contribution in [2.24, 2.45) is 5.92 Å². The predicted molar refractivity (Wildman–Crippen MR) is 94.7 cm³/mol. The number of methoxy groups -OCH3 is 1. The number of hydrogen-bond donors (Lipinski definition) is 1. The van der Waals surface area contributed by atoms with Gasteiger partial charge in [0.05, 0.1) is 12.2 Å². The summed E-state index contributed by atoms with van der Waals surface area (Å²) in [6.45, 7) is 2.53. The first-order valence-corrected chi connectivity index (χ1v) is 8.68. The molecule has 3 rings (SSSR count). The Kier molecular flexibility index (Phi) is 5.38. The molecule has 0 aliphatic carbocycles. The SMILES string of the molecule is COCCn1cc(C(=O)N2CCC(CC(=O)O)CC2)c2ccccc21. The summed E-state index contributed by atoms with van der Waals surface area (Å²) >= 11 is 0. The van der Waals surface area contributed by atoms with Crippen LogP contribution in [-0.2, 0) is 16.1 Å². The van der Waals surface area contributed by atoms with E-state index in [0.717, 1.165) is 23.7 Å². The molecule has 1 aliphatic heterocycles. The number of carbonyl (C=O) groups is 2. The largest absolute Gasteiger partial charge is 0.481 e. The molecule has 2 aromatic rings. The molecule has 0 unspecified atom stereocenters. The minimum absolute atomic E-state index is 0.0288. The fourth-order valence-corrected chi connectivity index (χ4v) is 3.55. The van der Waals surface area contributed by atoms with E-state index >= 15 is 0 Å². The lowest BCUT2D eigenvalue weighted by atomic mass is 9.93. The second-order valence-corrected chi connectivity index (χ2v) is 6.58. The smallest absolute Gasteiger partial charge is 0.303 e. The minimum Gasteiger partial charge on any atom is -0.481 e. The molecule has 134 valence electrons. The monoisotopic (exact) mass is 344 g/mol. The van der Waals surface area contributed by atoms with Gasteiger partial charge < -0.3 is 19.3 Å². The van der Waals surface area contributed by atoms with Crippen molar-refractivity contribution in [3.63, 3.8) is 0 Å². The Hall–Kier alpha value is -2.34. The molecule has 0 atom stereocenters. The average Bonchev–Trinajstić information content (AvgIpc) is 2.98. The number of carbonyl (C=O) groups excluding carboxylic acids is 1. The lowest BCUT2D eigenvalue weighted by Crippen LogP contribution is -2.38. The van der Waals surface area contributed by atoms with Crippen LogP contribution in [0.25, 0.3) is 10.9 Å². The summed E-state index contributed by atoms with van der Waals surface area (Å²) in [6, 6.07) is 7.90. The summed E-state index contributed by atoms with van der Waals surface area (Å²) in [5.41, 5.74) is 1.74. The number of carboxylic acid groups (broad SMARTS) is 1. The standard InChI is InChI=1S/C19H24N2O4/c1-25-11-10-21-13-16(15-4-2-3-5-17(15)21)19(24)20-8-6-14(7-9-20)12-18(22)23/h2-5,13-14H,6-12H2,1H3,(H,22,23). The maximum absolute atomic E-state index is 13.0. The Balaban J connectivity index is 1.77. The van der Waals surface area contributed by atoms with Gasteiger partial charge in [-0.2, -0.15) is 0 Å². The number of benzene rings is 1. The average molecular weight is 344 g/mol. The van der Waals surface area contributed by atoms with Crippen LogP contribution in [-0.4, -0.2) is 53.3 Å². The van der Waals surface area contributed by atoms with E-state index in [2.05, 4.69) is 4.57 Å². The van der Waals surface area contributed by atoms with Crippen LogP contribution in [0.2, 0.25) is 0 Å². The number of fused-ring (bicyclic) bond motifs is 1. The number of rotatable bonds is 6. The zero-order chi connectivity index (χ0) is 17.8. The summed E-state index contributed by atoms with van der Waals surface area (Å²) in [4.78, 5) is 25.7. The van der Waals surface area contributed by atoms with Crippen molar-refractivity contribution in [1.29, 1.82) is 0 Å². The highest BCUT2D eigenvalue weighted by molar-refractivity contribution is 6.07.